The topological polar surface area (TPSA) is 49.4 Å². The fourth-order valence-electron chi connectivity index (χ4n) is 2.51. The van der Waals surface area contributed by atoms with Gasteiger partial charge in [-0.25, -0.2) is 0 Å². The molecule has 1 fully saturated rings. The third kappa shape index (κ3) is 4.26. The van der Waals surface area contributed by atoms with Crippen molar-refractivity contribution in [1.29, 1.82) is 0 Å². The maximum atomic E-state index is 12.5. The molecule has 5 heteroatoms. The number of rotatable bonds is 6. The highest BCUT2D eigenvalue weighted by Gasteiger charge is 2.34. The predicted molar refractivity (Wildman–Crippen MR) is 90.5 cm³/mol. The van der Waals surface area contributed by atoms with Crippen LogP contribution in [0.2, 0.25) is 0 Å². The maximum Gasteiger partial charge on any atom is 0.244 e. The molecule has 0 aliphatic carbocycles. The summed E-state index contributed by atoms with van der Waals surface area (Å²) in [5, 5.41) is 3.03. The first-order chi connectivity index (χ1) is 10.6. The molecule has 2 atom stereocenters. The summed E-state index contributed by atoms with van der Waals surface area (Å²) in [6.07, 6.45) is 2.42. The van der Waals surface area contributed by atoms with Gasteiger partial charge in [-0.15, -0.1) is 11.8 Å². The molecule has 1 aliphatic heterocycles. The molecule has 0 radical (unpaired) electrons. The van der Waals surface area contributed by atoms with E-state index < -0.39 is 0 Å². The Balaban J connectivity index is 1.94. The molecule has 22 heavy (non-hydrogen) atoms. The fraction of sp³-hybridized carbons (Fsp3) is 0.529. The smallest absolute Gasteiger partial charge is 0.244 e. The summed E-state index contributed by atoms with van der Waals surface area (Å²) in [6.45, 7) is 4.04. The van der Waals surface area contributed by atoms with E-state index in [1.807, 2.05) is 37.3 Å². The summed E-state index contributed by atoms with van der Waals surface area (Å²) in [5.74, 6) is 1.36. The Kier molecular flexibility index (Phi) is 6.31. The normalized spacial score (nSPS) is 19.0. The first-order valence-electron chi connectivity index (χ1n) is 7.86. The lowest BCUT2D eigenvalue weighted by Gasteiger charge is -2.25. The first kappa shape index (κ1) is 16.9. The van der Waals surface area contributed by atoms with Crippen molar-refractivity contribution in [2.24, 2.45) is 0 Å². The molecule has 2 amide bonds. The average Bonchev–Trinajstić information content (AvgIpc) is 3.03. The van der Waals surface area contributed by atoms with Gasteiger partial charge in [0.1, 0.15) is 6.04 Å². The predicted octanol–water partition coefficient (Wildman–Crippen LogP) is 2.96. The minimum Gasteiger partial charge on any atom is -0.348 e. The number of amides is 2. The van der Waals surface area contributed by atoms with Crippen molar-refractivity contribution in [3.05, 3.63) is 35.9 Å². The molecular formula is C17H24N2O2S. The molecule has 0 spiro atoms. The van der Waals surface area contributed by atoms with Crippen LogP contribution in [0.4, 0.5) is 0 Å². The first-order valence-corrected chi connectivity index (χ1v) is 9.01. The number of carbonyl (C=O) groups excluding carboxylic acids is 2. The molecule has 1 heterocycles. The van der Waals surface area contributed by atoms with Crippen LogP contribution in [0.1, 0.15) is 44.7 Å². The van der Waals surface area contributed by atoms with E-state index in [4.69, 9.17) is 0 Å². The Bertz CT molecular complexity index is 507. The fourth-order valence-corrected chi connectivity index (χ4v) is 3.69. The van der Waals surface area contributed by atoms with Crippen molar-refractivity contribution in [3.63, 3.8) is 0 Å². The molecule has 1 aromatic rings. The van der Waals surface area contributed by atoms with Crippen LogP contribution < -0.4 is 5.32 Å². The summed E-state index contributed by atoms with van der Waals surface area (Å²) in [7, 11) is 0. The number of unbranched alkanes of at least 4 members (excludes halogenated alkanes) is 1. The number of hydrogen-bond acceptors (Lipinski definition) is 3. The Morgan fingerprint density at radius 2 is 2.09 bits per heavy atom. The summed E-state index contributed by atoms with van der Waals surface area (Å²) in [4.78, 5) is 26.4. The maximum absolute atomic E-state index is 12.5. The zero-order valence-electron chi connectivity index (χ0n) is 13.2. The van der Waals surface area contributed by atoms with E-state index in [1.54, 1.807) is 16.7 Å². The van der Waals surface area contributed by atoms with Crippen molar-refractivity contribution >= 4 is 23.6 Å². The highest BCUT2D eigenvalue weighted by atomic mass is 32.2. The molecule has 0 bridgehead atoms. The Morgan fingerprint density at radius 1 is 1.36 bits per heavy atom. The Morgan fingerprint density at radius 3 is 2.77 bits per heavy atom. The van der Waals surface area contributed by atoms with E-state index in [1.165, 1.54) is 0 Å². The highest BCUT2D eigenvalue weighted by molar-refractivity contribution is 7.99. The number of hydrogen-bond donors (Lipinski definition) is 1. The molecule has 1 aromatic carbocycles. The van der Waals surface area contributed by atoms with Crippen LogP contribution in [-0.4, -0.2) is 34.4 Å². The number of benzene rings is 1. The Hall–Kier alpha value is -1.49. The highest BCUT2D eigenvalue weighted by Crippen LogP contribution is 2.23. The molecule has 1 saturated heterocycles. The minimum absolute atomic E-state index is 0.0492. The zero-order valence-corrected chi connectivity index (χ0v) is 14.1. The number of carbonyl (C=O) groups is 2. The van der Waals surface area contributed by atoms with Crippen molar-refractivity contribution in [2.75, 3.05) is 11.6 Å². The molecule has 2 unspecified atom stereocenters. The van der Waals surface area contributed by atoms with Gasteiger partial charge in [-0.2, -0.15) is 0 Å². The standard InChI is InChI=1S/C17H24N2O2S/c1-3-4-10-16(20)19-12-22-11-15(19)17(21)18-13(2)14-8-6-5-7-9-14/h5-9,13,15H,3-4,10-12H2,1-2H3,(H,18,21). The summed E-state index contributed by atoms with van der Waals surface area (Å²) >= 11 is 1.65. The van der Waals surface area contributed by atoms with Gasteiger partial charge in [0, 0.05) is 12.2 Å². The molecule has 1 aliphatic rings. The van der Waals surface area contributed by atoms with Crippen LogP contribution in [0.25, 0.3) is 0 Å². The van der Waals surface area contributed by atoms with Gasteiger partial charge in [-0.3, -0.25) is 9.59 Å². The summed E-state index contributed by atoms with van der Waals surface area (Å²) < 4.78 is 0. The van der Waals surface area contributed by atoms with Crippen LogP contribution in [0.15, 0.2) is 30.3 Å². The SMILES string of the molecule is CCCCC(=O)N1CSCC1C(=O)NC(C)c1ccccc1. The van der Waals surface area contributed by atoms with Gasteiger partial charge in [-0.1, -0.05) is 43.7 Å². The quantitative estimate of drug-likeness (QED) is 0.877. The van der Waals surface area contributed by atoms with Gasteiger partial charge in [0.2, 0.25) is 11.8 Å². The molecule has 120 valence electrons. The van der Waals surface area contributed by atoms with E-state index in [0.717, 1.165) is 18.4 Å². The van der Waals surface area contributed by atoms with Crippen LogP contribution >= 0.6 is 11.8 Å². The van der Waals surface area contributed by atoms with E-state index in [-0.39, 0.29) is 23.9 Å². The van der Waals surface area contributed by atoms with Crippen LogP contribution in [-0.2, 0) is 9.59 Å². The second-order valence-electron chi connectivity index (χ2n) is 5.62. The molecule has 0 aromatic heterocycles. The number of thioether (sulfide) groups is 1. The van der Waals surface area contributed by atoms with Crippen molar-refractivity contribution in [1.82, 2.24) is 10.2 Å². The largest absolute Gasteiger partial charge is 0.348 e. The average molecular weight is 320 g/mol. The lowest BCUT2D eigenvalue weighted by molar-refractivity contribution is -0.138. The molecule has 2 rings (SSSR count). The lowest BCUT2D eigenvalue weighted by Crippen LogP contribution is -2.47. The lowest BCUT2D eigenvalue weighted by atomic mass is 10.1. The van der Waals surface area contributed by atoms with Gasteiger partial charge < -0.3 is 10.2 Å². The third-order valence-corrected chi connectivity index (χ3v) is 4.92. The van der Waals surface area contributed by atoms with Crippen molar-refractivity contribution < 1.29 is 9.59 Å². The van der Waals surface area contributed by atoms with Crippen molar-refractivity contribution in [3.8, 4) is 0 Å². The van der Waals surface area contributed by atoms with Gasteiger partial charge >= 0.3 is 0 Å². The van der Waals surface area contributed by atoms with E-state index >= 15 is 0 Å². The van der Waals surface area contributed by atoms with E-state index in [0.29, 0.717) is 18.1 Å². The van der Waals surface area contributed by atoms with Gasteiger partial charge in [0.25, 0.3) is 0 Å². The summed E-state index contributed by atoms with van der Waals surface area (Å²) in [5.41, 5.74) is 1.07. The number of nitrogens with one attached hydrogen (secondary N) is 1. The second kappa shape index (κ2) is 8.22. The molecule has 1 N–H and O–H groups in total. The third-order valence-electron chi connectivity index (χ3n) is 3.91. The zero-order chi connectivity index (χ0) is 15.9. The van der Waals surface area contributed by atoms with Gasteiger partial charge in [-0.05, 0) is 18.9 Å². The van der Waals surface area contributed by atoms with E-state index in [2.05, 4.69) is 12.2 Å². The van der Waals surface area contributed by atoms with E-state index in [9.17, 15) is 9.59 Å². The molecular weight excluding hydrogens is 296 g/mol. The van der Waals surface area contributed by atoms with Crippen molar-refractivity contribution in [2.45, 2.75) is 45.2 Å². The summed E-state index contributed by atoms with van der Waals surface area (Å²) in [6, 6.07) is 9.50. The van der Waals surface area contributed by atoms with Crippen LogP contribution in [0.5, 0.6) is 0 Å². The van der Waals surface area contributed by atoms with Crippen LogP contribution in [0.3, 0.4) is 0 Å². The van der Waals surface area contributed by atoms with Gasteiger partial charge in [0.05, 0.1) is 11.9 Å². The monoisotopic (exact) mass is 320 g/mol. The Labute approximate surface area is 136 Å². The molecule has 4 nitrogen and oxygen atoms in total. The molecule has 0 saturated carbocycles. The second-order valence-corrected chi connectivity index (χ2v) is 6.62. The minimum atomic E-state index is -0.333. The van der Waals surface area contributed by atoms with Crippen LogP contribution in [0, 0.1) is 0 Å². The van der Waals surface area contributed by atoms with Gasteiger partial charge in [0.15, 0.2) is 0 Å². The number of nitrogens with zero attached hydrogens (tertiary/aromatic N) is 1.